The summed E-state index contributed by atoms with van der Waals surface area (Å²) in [7, 11) is 0. The molecule has 0 aliphatic heterocycles. The molecule has 0 aliphatic rings. The van der Waals surface area contributed by atoms with E-state index in [1.165, 1.54) is 0 Å². The molecule has 0 aromatic rings. The smallest absolute Gasteiger partial charge is 0.107 e. The van der Waals surface area contributed by atoms with Gasteiger partial charge in [-0.25, -0.2) is 0 Å². The van der Waals surface area contributed by atoms with Crippen LogP contribution in [0.4, 0.5) is 0 Å². The molecule has 2 heteroatoms. The summed E-state index contributed by atoms with van der Waals surface area (Å²) in [6.07, 6.45) is 3.73. The van der Waals surface area contributed by atoms with E-state index < -0.39 is 0 Å². The first-order valence-corrected chi connectivity index (χ1v) is 3.24. The number of rotatable bonds is 4. The molecule has 0 aliphatic carbocycles. The standard InChI is InChI=1S/C7H13NO/c1-2-5-8-6-3-4-7-9/h8-9H,2-3,5-6H2,1H3. The van der Waals surface area contributed by atoms with Gasteiger partial charge < -0.3 is 10.4 Å². The molecule has 2 N–H and O–H groups in total. The molecule has 0 radical (unpaired) electrons. The lowest BCUT2D eigenvalue weighted by Crippen LogP contribution is -2.15. The molecule has 0 heterocycles. The van der Waals surface area contributed by atoms with Crippen LogP contribution in [0.2, 0.25) is 0 Å². The summed E-state index contributed by atoms with van der Waals surface area (Å²) in [4.78, 5) is 0. The molecular weight excluding hydrogens is 114 g/mol. The number of aliphatic hydroxyl groups excluding tert-OH is 1. The Morgan fingerprint density at radius 1 is 1.44 bits per heavy atom. The molecule has 0 rings (SSSR count). The molecule has 9 heavy (non-hydrogen) atoms. The van der Waals surface area contributed by atoms with Crippen LogP contribution in [0.3, 0.4) is 0 Å². The molecule has 0 spiro atoms. The predicted molar refractivity (Wildman–Crippen MR) is 37.5 cm³/mol. The topological polar surface area (TPSA) is 32.3 Å². The fourth-order valence-electron chi connectivity index (χ4n) is 0.509. The Morgan fingerprint density at radius 3 is 2.78 bits per heavy atom. The average molecular weight is 127 g/mol. The summed E-state index contributed by atoms with van der Waals surface area (Å²) < 4.78 is 0. The zero-order valence-electron chi connectivity index (χ0n) is 5.78. The van der Waals surface area contributed by atoms with E-state index in [2.05, 4.69) is 18.2 Å². The molecule has 2 nitrogen and oxygen atoms in total. The van der Waals surface area contributed by atoms with Crippen molar-refractivity contribution >= 4 is 0 Å². The van der Waals surface area contributed by atoms with Crippen LogP contribution in [0.5, 0.6) is 0 Å². The maximum atomic E-state index is 8.03. The van der Waals surface area contributed by atoms with Crippen LogP contribution in [0.25, 0.3) is 0 Å². The summed E-state index contributed by atoms with van der Waals surface area (Å²) in [6.45, 7) is 4.03. The highest BCUT2D eigenvalue weighted by molar-refractivity contribution is 4.89. The summed E-state index contributed by atoms with van der Waals surface area (Å²) in [5, 5.41) is 11.2. The lowest BCUT2D eigenvalue weighted by Gasteiger charge is -1.95. The number of hydrogen-bond acceptors (Lipinski definition) is 2. The van der Waals surface area contributed by atoms with Gasteiger partial charge in [-0.2, -0.15) is 0 Å². The van der Waals surface area contributed by atoms with Gasteiger partial charge in [0.2, 0.25) is 0 Å². The fraction of sp³-hybridized carbons (Fsp3) is 0.714. The highest BCUT2D eigenvalue weighted by atomic mass is 16.2. The van der Waals surface area contributed by atoms with Gasteiger partial charge in [-0.3, -0.25) is 0 Å². The first-order valence-electron chi connectivity index (χ1n) is 3.24. The van der Waals surface area contributed by atoms with Crippen LogP contribution in [0.1, 0.15) is 19.8 Å². The Bertz CT molecular complexity index is 101. The largest absolute Gasteiger partial charge is 0.462 e. The minimum Gasteiger partial charge on any atom is -0.462 e. The van der Waals surface area contributed by atoms with Crippen LogP contribution >= 0.6 is 0 Å². The van der Waals surface area contributed by atoms with Gasteiger partial charge >= 0.3 is 0 Å². The minimum atomic E-state index is 0.733. The summed E-state index contributed by atoms with van der Waals surface area (Å²) in [5.41, 5.74) is 0. The molecule has 0 amide bonds. The molecule has 0 atom stereocenters. The van der Waals surface area contributed by atoms with Gasteiger partial charge in [-0.05, 0) is 13.0 Å². The Kier molecular flexibility index (Phi) is 6.77. The van der Waals surface area contributed by atoms with E-state index in [-0.39, 0.29) is 0 Å². The van der Waals surface area contributed by atoms with E-state index in [0.29, 0.717) is 0 Å². The Morgan fingerprint density at radius 2 is 2.22 bits per heavy atom. The van der Waals surface area contributed by atoms with E-state index in [0.717, 1.165) is 25.9 Å². The maximum Gasteiger partial charge on any atom is 0.107 e. The third kappa shape index (κ3) is 7.32. The molecule has 0 fully saturated rings. The van der Waals surface area contributed by atoms with E-state index in [4.69, 9.17) is 5.11 Å². The van der Waals surface area contributed by atoms with Crippen molar-refractivity contribution in [2.75, 3.05) is 13.1 Å². The molecule has 0 aromatic carbocycles. The van der Waals surface area contributed by atoms with Gasteiger partial charge in [0.15, 0.2) is 0 Å². The SMILES string of the molecule is CCCNCCC#CO. The Balaban J connectivity index is 2.80. The zero-order chi connectivity index (χ0) is 6.95. The quantitative estimate of drug-likeness (QED) is 0.430. The second-order valence-electron chi connectivity index (χ2n) is 1.79. The van der Waals surface area contributed by atoms with Crippen LogP contribution in [-0.4, -0.2) is 18.2 Å². The first-order chi connectivity index (χ1) is 4.41. The summed E-state index contributed by atoms with van der Waals surface area (Å²) in [6, 6.07) is 0. The van der Waals surface area contributed by atoms with E-state index in [1.807, 2.05) is 6.11 Å². The van der Waals surface area contributed by atoms with Crippen molar-refractivity contribution in [3.63, 3.8) is 0 Å². The molecule has 0 unspecified atom stereocenters. The highest BCUT2D eigenvalue weighted by Crippen LogP contribution is 1.72. The van der Waals surface area contributed by atoms with Crippen molar-refractivity contribution < 1.29 is 5.11 Å². The molecule has 52 valence electrons. The van der Waals surface area contributed by atoms with Crippen molar-refractivity contribution in [3.8, 4) is 12.0 Å². The van der Waals surface area contributed by atoms with Crippen molar-refractivity contribution in [3.05, 3.63) is 0 Å². The van der Waals surface area contributed by atoms with Crippen molar-refractivity contribution in [2.45, 2.75) is 19.8 Å². The fourth-order valence-corrected chi connectivity index (χ4v) is 0.509. The van der Waals surface area contributed by atoms with Crippen molar-refractivity contribution in [1.29, 1.82) is 0 Å². The predicted octanol–water partition coefficient (Wildman–Crippen LogP) is 0.710. The molecule has 0 saturated carbocycles. The average Bonchev–Trinajstić information content (AvgIpc) is 1.89. The van der Waals surface area contributed by atoms with Gasteiger partial charge in [0.05, 0.1) is 0 Å². The lowest BCUT2D eigenvalue weighted by molar-refractivity contribution is 0.515. The first kappa shape index (κ1) is 8.32. The zero-order valence-corrected chi connectivity index (χ0v) is 5.78. The van der Waals surface area contributed by atoms with Crippen molar-refractivity contribution in [1.82, 2.24) is 5.32 Å². The number of nitrogens with one attached hydrogen (secondary N) is 1. The number of hydrogen-bond donors (Lipinski definition) is 2. The van der Waals surface area contributed by atoms with Crippen LogP contribution in [0, 0.1) is 12.0 Å². The highest BCUT2D eigenvalue weighted by Gasteiger charge is 1.79. The second kappa shape index (κ2) is 7.32. The Hall–Kier alpha value is -0.680. The molecule has 0 aromatic heterocycles. The van der Waals surface area contributed by atoms with Gasteiger partial charge in [0, 0.05) is 13.0 Å². The van der Waals surface area contributed by atoms with Gasteiger partial charge in [0.25, 0.3) is 0 Å². The van der Waals surface area contributed by atoms with Gasteiger partial charge in [-0.15, -0.1) is 0 Å². The molecule has 0 bridgehead atoms. The second-order valence-corrected chi connectivity index (χ2v) is 1.79. The minimum absolute atomic E-state index is 0.733. The van der Waals surface area contributed by atoms with Crippen LogP contribution in [0.15, 0.2) is 0 Å². The maximum absolute atomic E-state index is 8.03. The third-order valence-electron chi connectivity index (χ3n) is 0.933. The van der Waals surface area contributed by atoms with E-state index in [9.17, 15) is 0 Å². The van der Waals surface area contributed by atoms with Gasteiger partial charge in [-0.1, -0.05) is 12.8 Å². The summed E-state index contributed by atoms with van der Waals surface area (Å²) >= 11 is 0. The summed E-state index contributed by atoms with van der Waals surface area (Å²) in [5.74, 6) is 2.55. The Labute approximate surface area is 56.3 Å². The molecule has 0 saturated heterocycles. The van der Waals surface area contributed by atoms with Crippen LogP contribution in [-0.2, 0) is 0 Å². The van der Waals surface area contributed by atoms with E-state index in [1.54, 1.807) is 0 Å². The van der Waals surface area contributed by atoms with Crippen molar-refractivity contribution in [2.24, 2.45) is 0 Å². The third-order valence-corrected chi connectivity index (χ3v) is 0.933. The lowest BCUT2D eigenvalue weighted by atomic mass is 10.4. The molecular formula is C7H13NO. The van der Waals surface area contributed by atoms with Crippen LogP contribution < -0.4 is 5.32 Å². The monoisotopic (exact) mass is 127 g/mol. The van der Waals surface area contributed by atoms with E-state index >= 15 is 0 Å². The van der Waals surface area contributed by atoms with Gasteiger partial charge in [0.1, 0.15) is 6.11 Å². The number of aliphatic hydroxyl groups is 1. The normalized spacial score (nSPS) is 8.11.